The summed E-state index contributed by atoms with van der Waals surface area (Å²) < 4.78 is 45.9. The summed E-state index contributed by atoms with van der Waals surface area (Å²) in [5.74, 6) is 0. The smallest absolute Gasteiger partial charge is 0.225 e. The van der Waals surface area contributed by atoms with Crippen molar-refractivity contribution >= 4 is 31.2 Å². The van der Waals surface area contributed by atoms with E-state index in [-0.39, 0.29) is 9.79 Å². The van der Waals surface area contributed by atoms with Crippen LogP contribution in [0.15, 0.2) is 15.2 Å². The first-order valence-electron chi connectivity index (χ1n) is 4.11. The molecule has 5 nitrogen and oxygen atoms in total. The molecule has 15 heavy (non-hydrogen) atoms. The van der Waals surface area contributed by atoms with Gasteiger partial charge >= 0.3 is 0 Å². The molecule has 8 heteroatoms. The molecule has 0 bridgehead atoms. The highest BCUT2D eigenvalue weighted by atomic mass is 32.2. The minimum atomic E-state index is -3.95. The van der Waals surface area contributed by atoms with Gasteiger partial charge < -0.3 is 0 Å². The molecule has 0 radical (unpaired) electrons. The number of rotatable bonds is 1. The van der Waals surface area contributed by atoms with Crippen molar-refractivity contribution in [2.24, 2.45) is 5.14 Å². The maximum atomic E-state index is 11.8. The quantitative estimate of drug-likeness (QED) is 0.781. The van der Waals surface area contributed by atoms with E-state index in [1.807, 2.05) is 0 Å². The van der Waals surface area contributed by atoms with Gasteiger partial charge in [0.05, 0.1) is 5.25 Å². The van der Waals surface area contributed by atoms with E-state index in [4.69, 9.17) is 5.14 Å². The van der Waals surface area contributed by atoms with Crippen LogP contribution in [0.2, 0.25) is 0 Å². The molecule has 2 N–H and O–H groups in total. The van der Waals surface area contributed by atoms with E-state index in [0.29, 0.717) is 11.3 Å². The van der Waals surface area contributed by atoms with Gasteiger partial charge in [0.1, 0.15) is 9.79 Å². The Kier molecular flexibility index (Phi) is 2.24. The summed E-state index contributed by atoms with van der Waals surface area (Å²) in [7, 11) is -7.45. The molecule has 0 saturated heterocycles. The van der Waals surface area contributed by atoms with Gasteiger partial charge in [-0.3, -0.25) is 0 Å². The van der Waals surface area contributed by atoms with Crippen LogP contribution in [0.25, 0.3) is 0 Å². The van der Waals surface area contributed by atoms with Gasteiger partial charge in [-0.15, -0.1) is 11.3 Å². The second kappa shape index (κ2) is 3.03. The van der Waals surface area contributed by atoms with Crippen LogP contribution in [0.1, 0.15) is 11.8 Å². The molecule has 1 unspecified atom stereocenters. The first-order chi connectivity index (χ1) is 6.74. The molecule has 1 aromatic rings. The molecule has 0 aliphatic carbocycles. The molecular weight excluding hydrogens is 258 g/mol. The van der Waals surface area contributed by atoms with Crippen molar-refractivity contribution in [2.75, 3.05) is 0 Å². The molecule has 0 spiro atoms. The zero-order valence-electron chi connectivity index (χ0n) is 7.80. The maximum Gasteiger partial charge on any atom is 0.240 e. The Hall–Kier alpha value is -0.440. The largest absolute Gasteiger partial charge is 0.240 e. The molecular formula is C7H9NO4S3. The van der Waals surface area contributed by atoms with Gasteiger partial charge in [0.2, 0.25) is 10.0 Å². The summed E-state index contributed by atoms with van der Waals surface area (Å²) >= 11 is 1.13. The number of hydrogen-bond donors (Lipinski definition) is 1. The van der Waals surface area contributed by atoms with E-state index in [0.717, 1.165) is 11.3 Å². The van der Waals surface area contributed by atoms with E-state index in [9.17, 15) is 16.8 Å². The highest BCUT2D eigenvalue weighted by Crippen LogP contribution is 2.39. The minimum Gasteiger partial charge on any atom is -0.225 e. The van der Waals surface area contributed by atoms with E-state index in [1.165, 1.54) is 5.38 Å². The summed E-state index contributed by atoms with van der Waals surface area (Å²) in [4.78, 5) is 0.251. The van der Waals surface area contributed by atoms with E-state index in [2.05, 4.69) is 0 Å². The normalized spacial score (nSPS) is 24.0. The fourth-order valence-electron chi connectivity index (χ4n) is 1.58. The molecule has 0 aromatic carbocycles. The number of primary sulfonamides is 1. The van der Waals surface area contributed by atoms with Crippen molar-refractivity contribution in [3.63, 3.8) is 0 Å². The lowest BCUT2D eigenvalue weighted by Gasteiger charge is -2.02. The molecule has 1 aliphatic heterocycles. The van der Waals surface area contributed by atoms with Crippen molar-refractivity contribution < 1.29 is 16.8 Å². The van der Waals surface area contributed by atoms with Crippen molar-refractivity contribution in [2.45, 2.75) is 28.4 Å². The van der Waals surface area contributed by atoms with Crippen LogP contribution in [0.3, 0.4) is 0 Å². The summed E-state index contributed by atoms with van der Waals surface area (Å²) in [5.41, 5.74) is 0. The molecule has 2 rings (SSSR count). The molecule has 1 atom stereocenters. The first kappa shape index (κ1) is 11.1. The molecule has 0 fully saturated rings. The average Bonchev–Trinajstić information content (AvgIpc) is 2.54. The Bertz CT molecular complexity index is 611. The lowest BCUT2D eigenvalue weighted by Crippen LogP contribution is -2.17. The van der Waals surface area contributed by atoms with Crippen molar-refractivity contribution in [1.29, 1.82) is 0 Å². The lowest BCUT2D eigenvalue weighted by atomic mass is 10.3. The van der Waals surface area contributed by atoms with Crippen molar-refractivity contribution in [1.82, 2.24) is 0 Å². The predicted octanol–water partition coefficient (Wildman–Crippen LogP) is 0.114. The summed E-state index contributed by atoms with van der Waals surface area (Å²) in [6.45, 7) is 1.56. The Balaban J connectivity index is 2.80. The fourth-order valence-corrected chi connectivity index (χ4v) is 6.53. The Morgan fingerprint density at radius 2 is 2.13 bits per heavy atom. The van der Waals surface area contributed by atoms with Crippen LogP contribution in [0, 0.1) is 0 Å². The third-order valence-corrected chi connectivity index (χ3v) is 6.99. The first-order valence-corrected chi connectivity index (χ1v) is 8.09. The molecule has 0 saturated carbocycles. The number of hydrogen-bond acceptors (Lipinski definition) is 5. The fraction of sp³-hybridized carbons (Fsp3) is 0.429. The summed E-state index contributed by atoms with van der Waals surface area (Å²) in [6.07, 6.45) is 0.373. The monoisotopic (exact) mass is 267 g/mol. The predicted molar refractivity (Wildman–Crippen MR) is 56.0 cm³/mol. The molecule has 2 heterocycles. The maximum absolute atomic E-state index is 11.8. The second-order valence-corrected chi connectivity index (χ2v) is 8.25. The van der Waals surface area contributed by atoms with Crippen LogP contribution < -0.4 is 5.14 Å². The van der Waals surface area contributed by atoms with Crippen molar-refractivity contribution in [3.05, 3.63) is 10.3 Å². The van der Waals surface area contributed by atoms with Crippen LogP contribution >= 0.6 is 11.3 Å². The molecule has 0 amide bonds. The minimum absolute atomic E-state index is 0.0810. The third-order valence-electron chi connectivity index (χ3n) is 2.38. The number of sulfone groups is 1. The summed E-state index contributed by atoms with van der Waals surface area (Å²) in [5, 5.41) is 5.70. The molecule has 84 valence electrons. The van der Waals surface area contributed by atoms with Crippen LogP contribution in [0.4, 0.5) is 0 Å². The number of nitrogens with two attached hydrogens (primary N) is 1. The van der Waals surface area contributed by atoms with E-state index < -0.39 is 25.1 Å². The SMILES string of the molecule is CC1Cc2scc(S(N)(=O)=O)c2S1(=O)=O. The lowest BCUT2D eigenvalue weighted by molar-refractivity contribution is 0.582. The number of thiophene rings is 1. The Morgan fingerprint density at radius 3 is 2.67 bits per heavy atom. The third kappa shape index (κ3) is 1.52. The topological polar surface area (TPSA) is 94.3 Å². The molecule has 1 aliphatic rings. The molecule has 1 aromatic heterocycles. The second-order valence-electron chi connectivity index (χ2n) is 3.46. The highest BCUT2D eigenvalue weighted by Gasteiger charge is 2.40. The number of fused-ring (bicyclic) bond motifs is 1. The van der Waals surface area contributed by atoms with Crippen LogP contribution in [-0.4, -0.2) is 22.1 Å². The highest BCUT2D eigenvalue weighted by molar-refractivity contribution is 7.94. The average molecular weight is 267 g/mol. The van der Waals surface area contributed by atoms with Gasteiger partial charge in [-0.25, -0.2) is 22.0 Å². The van der Waals surface area contributed by atoms with E-state index in [1.54, 1.807) is 6.92 Å². The van der Waals surface area contributed by atoms with Crippen LogP contribution in [-0.2, 0) is 26.3 Å². The number of sulfonamides is 1. The Morgan fingerprint density at radius 1 is 1.53 bits per heavy atom. The Labute approximate surface area is 91.9 Å². The van der Waals surface area contributed by atoms with Gasteiger partial charge in [0, 0.05) is 10.3 Å². The van der Waals surface area contributed by atoms with Gasteiger partial charge in [-0.1, -0.05) is 0 Å². The zero-order valence-corrected chi connectivity index (χ0v) is 10.2. The van der Waals surface area contributed by atoms with Gasteiger partial charge in [0.25, 0.3) is 0 Å². The van der Waals surface area contributed by atoms with Gasteiger partial charge in [-0.05, 0) is 13.3 Å². The van der Waals surface area contributed by atoms with Crippen molar-refractivity contribution in [3.8, 4) is 0 Å². The zero-order chi connectivity index (χ0) is 11.4. The van der Waals surface area contributed by atoms with E-state index >= 15 is 0 Å². The van der Waals surface area contributed by atoms with Gasteiger partial charge in [0.15, 0.2) is 9.84 Å². The van der Waals surface area contributed by atoms with Crippen LogP contribution in [0.5, 0.6) is 0 Å². The standard InChI is InChI=1S/C7H9NO4S3/c1-4-2-5-7(14(4,9)10)6(3-13-5)15(8,11)12/h3-4H,2H2,1H3,(H2,8,11,12). The van der Waals surface area contributed by atoms with Gasteiger partial charge in [-0.2, -0.15) is 0 Å². The summed E-state index contributed by atoms with van der Waals surface area (Å²) in [6, 6.07) is 0.